The van der Waals surface area contributed by atoms with Crippen LogP contribution < -0.4 is 10.1 Å². The first-order chi connectivity index (χ1) is 15.5. The first-order valence-corrected chi connectivity index (χ1v) is 11.8. The number of hydrogen-bond acceptors (Lipinski definition) is 6. The van der Waals surface area contributed by atoms with Crippen molar-refractivity contribution in [3.8, 4) is 5.75 Å². The SMILES string of the molecule is COc1ccc([C@@H]2C3=C(CCCC3=O)Nc3nc(SCc4ccc(C)cc4C)nn32)cc1. The lowest BCUT2D eigenvalue weighted by atomic mass is 9.85. The molecular formula is C25H26N4O2S. The van der Waals surface area contributed by atoms with Gasteiger partial charge in [0.15, 0.2) is 5.78 Å². The first kappa shape index (κ1) is 20.8. The molecule has 6 nitrogen and oxygen atoms in total. The van der Waals surface area contributed by atoms with E-state index in [0.29, 0.717) is 17.5 Å². The molecule has 1 aliphatic carbocycles. The zero-order chi connectivity index (χ0) is 22.2. The van der Waals surface area contributed by atoms with Crippen LogP contribution >= 0.6 is 11.8 Å². The molecule has 0 amide bonds. The molecule has 0 spiro atoms. The molecule has 0 radical (unpaired) electrons. The third-order valence-corrected chi connectivity index (χ3v) is 7.02. The topological polar surface area (TPSA) is 69.0 Å². The highest BCUT2D eigenvalue weighted by Gasteiger charge is 2.36. The molecule has 1 aliphatic heterocycles. The molecule has 3 aromatic rings. The number of carbonyl (C=O) groups excluding carboxylic acids is 1. The number of nitrogens with zero attached hydrogens (tertiary/aromatic N) is 3. The van der Waals surface area contributed by atoms with Gasteiger partial charge in [-0.05, 0) is 55.5 Å². The number of ether oxygens (including phenoxy) is 1. The lowest BCUT2D eigenvalue weighted by Gasteiger charge is -2.32. The Morgan fingerprint density at radius 3 is 2.72 bits per heavy atom. The number of fused-ring (bicyclic) bond motifs is 1. The molecule has 7 heteroatoms. The van der Waals surface area contributed by atoms with Crippen LogP contribution in [0, 0.1) is 13.8 Å². The smallest absolute Gasteiger partial charge is 0.227 e. The highest BCUT2D eigenvalue weighted by atomic mass is 32.2. The number of rotatable bonds is 5. The zero-order valence-electron chi connectivity index (χ0n) is 18.5. The molecule has 1 aromatic heterocycles. The van der Waals surface area contributed by atoms with Crippen molar-refractivity contribution in [2.45, 2.75) is 50.1 Å². The zero-order valence-corrected chi connectivity index (χ0v) is 19.3. The maximum atomic E-state index is 12.9. The van der Waals surface area contributed by atoms with Gasteiger partial charge in [-0.2, -0.15) is 4.98 Å². The summed E-state index contributed by atoms with van der Waals surface area (Å²) >= 11 is 1.62. The predicted octanol–water partition coefficient (Wildman–Crippen LogP) is 5.22. The fourth-order valence-corrected chi connectivity index (χ4v) is 5.35. The van der Waals surface area contributed by atoms with E-state index in [4.69, 9.17) is 14.8 Å². The molecule has 0 unspecified atom stereocenters. The number of thioether (sulfide) groups is 1. The van der Waals surface area contributed by atoms with Crippen LogP contribution in [0.2, 0.25) is 0 Å². The average molecular weight is 447 g/mol. The highest BCUT2D eigenvalue weighted by molar-refractivity contribution is 7.98. The summed E-state index contributed by atoms with van der Waals surface area (Å²) in [5.74, 6) is 2.47. The Labute approximate surface area is 192 Å². The maximum absolute atomic E-state index is 12.9. The Kier molecular flexibility index (Phi) is 5.51. The second-order valence-electron chi connectivity index (χ2n) is 8.35. The van der Waals surface area contributed by atoms with Crippen LogP contribution in [0.15, 0.2) is 58.9 Å². The molecule has 164 valence electrons. The maximum Gasteiger partial charge on any atom is 0.227 e. The van der Waals surface area contributed by atoms with Gasteiger partial charge < -0.3 is 10.1 Å². The summed E-state index contributed by atoms with van der Waals surface area (Å²) in [6, 6.07) is 14.1. The van der Waals surface area contributed by atoms with Crippen molar-refractivity contribution >= 4 is 23.5 Å². The van der Waals surface area contributed by atoms with Crippen LogP contribution in [0.4, 0.5) is 5.95 Å². The Hall–Kier alpha value is -3.06. The van der Waals surface area contributed by atoms with E-state index in [-0.39, 0.29) is 11.8 Å². The third kappa shape index (κ3) is 3.81. The van der Waals surface area contributed by atoms with E-state index in [9.17, 15) is 4.79 Å². The molecule has 0 bridgehead atoms. The molecule has 5 rings (SSSR count). The molecule has 1 N–H and O–H groups in total. The number of aromatic nitrogens is 3. The van der Waals surface area contributed by atoms with E-state index in [1.165, 1.54) is 16.7 Å². The fourth-order valence-electron chi connectivity index (χ4n) is 4.44. The van der Waals surface area contributed by atoms with Crippen molar-refractivity contribution in [3.05, 3.63) is 76.0 Å². The normalized spacial score (nSPS) is 17.6. The van der Waals surface area contributed by atoms with Crippen LogP contribution in [0.1, 0.15) is 47.6 Å². The number of nitrogens with one attached hydrogen (secondary N) is 1. The molecule has 2 aliphatic rings. The predicted molar refractivity (Wildman–Crippen MR) is 126 cm³/mol. The molecule has 1 atom stereocenters. The number of benzene rings is 2. The highest BCUT2D eigenvalue weighted by Crippen LogP contribution is 2.41. The van der Waals surface area contributed by atoms with E-state index >= 15 is 0 Å². The first-order valence-electron chi connectivity index (χ1n) is 10.9. The average Bonchev–Trinajstić information content (AvgIpc) is 3.20. The summed E-state index contributed by atoms with van der Waals surface area (Å²) in [5, 5.41) is 8.93. The van der Waals surface area contributed by atoms with Crippen LogP contribution in [0.3, 0.4) is 0 Å². The minimum Gasteiger partial charge on any atom is -0.497 e. The van der Waals surface area contributed by atoms with E-state index in [0.717, 1.165) is 41.2 Å². The number of anilines is 1. The number of ketones is 1. The minimum atomic E-state index is -0.275. The van der Waals surface area contributed by atoms with Gasteiger partial charge in [-0.15, -0.1) is 5.10 Å². The molecule has 0 fully saturated rings. The van der Waals surface area contributed by atoms with Crippen molar-refractivity contribution in [2.24, 2.45) is 0 Å². The summed E-state index contributed by atoms with van der Waals surface area (Å²) in [6.45, 7) is 4.25. The quantitative estimate of drug-likeness (QED) is 0.542. The minimum absolute atomic E-state index is 0.185. The number of hydrogen-bond donors (Lipinski definition) is 1. The van der Waals surface area contributed by atoms with Crippen LogP contribution in [0.5, 0.6) is 5.75 Å². The number of carbonyl (C=O) groups is 1. The summed E-state index contributed by atoms with van der Waals surface area (Å²) < 4.78 is 7.19. The van der Waals surface area contributed by atoms with E-state index in [2.05, 4.69) is 37.4 Å². The second kappa shape index (κ2) is 8.47. The fraction of sp³-hybridized carbons (Fsp3) is 0.320. The Bertz CT molecular complexity index is 1210. The van der Waals surface area contributed by atoms with Gasteiger partial charge in [0.1, 0.15) is 11.8 Å². The van der Waals surface area contributed by atoms with Crippen LogP contribution in [0.25, 0.3) is 0 Å². The summed E-state index contributed by atoms with van der Waals surface area (Å²) in [7, 11) is 1.65. The van der Waals surface area contributed by atoms with Crippen molar-refractivity contribution in [1.29, 1.82) is 0 Å². The van der Waals surface area contributed by atoms with E-state index in [1.807, 2.05) is 28.9 Å². The lowest BCUT2D eigenvalue weighted by molar-refractivity contribution is -0.116. The Balaban J connectivity index is 1.49. The Morgan fingerprint density at radius 2 is 1.97 bits per heavy atom. The molecule has 0 saturated heterocycles. The molecule has 2 aromatic carbocycles. The van der Waals surface area contributed by atoms with Gasteiger partial charge in [0.05, 0.1) is 7.11 Å². The molecular weight excluding hydrogens is 420 g/mol. The van der Waals surface area contributed by atoms with Crippen molar-refractivity contribution in [1.82, 2.24) is 14.8 Å². The number of methoxy groups -OCH3 is 1. The molecule has 2 heterocycles. The standard InChI is InChI=1S/C25H26N4O2S/c1-15-7-8-18(16(2)13-15)14-32-25-27-24-26-20-5-4-6-21(30)22(20)23(29(24)28-25)17-9-11-19(31-3)12-10-17/h7-13,23H,4-6,14H2,1-3H3,(H,26,27,28)/t23-/m1/s1. The van der Waals surface area contributed by atoms with Crippen molar-refractivity contribution in [3.63, 3.8) is 0 Å². The number of allylic oxidation sites excluding steroid dienone is 2. The van der Waals surface area contributed by atoms with Gasteiger partial charge in [0, 0.05) is 23.4 Å². The number of Topliss-reactive ketones (excluding diaryl/α,β-unsaturated/α-hetero) is 1. The lowest BCUT2D eigenvalue weighted by Crippen LogP contribution is -2.31. The van der Waals surface area contributed by atoms with Crippen molar-refractivity contribution < 1.29 is 9.53 Å². The third-order valence-electron chi connectivity index (χ3n) is 6.14. The van der Waals surface area contributed by atoms with Gasteiger partial charge in [0.25, 0.3) is 0 Å². The largest absolute Gasteiger partial charge is 0.497 e. The Morgan fingerprint density at radius 1 is 1.16 bits per heavy atom. The summed E-state index contributed by atoms with van der Waals surface area (Å²) in [5.41, 5.74) is 6.61. The van der Waals surface area contributed by atoms with E-state index in [1.54, 1.807) is 18.9 Å². The van der Waals surface area contributed by atoms with Crippen molar-refractivity contribution in [2.75, 3.05) is 12.4 Å². The van der Waals surface area contributed by atoms with E-state index < -0.39 is 0 Å². The van der Waals surface area contributed by atoms with Crippen LogP contribution in [-0.2, 0) is 10.5 Å². The van der Waals surface area contributed by atoms with Gasteiger partial charge >= 0.3 is 0 Å². The monoisotopic (exact) mass is 446 g/mol. The van der Waals surface area contributed by atoms with Crippen LogP contribution in [-0.4, -0.2) is 27.7 Å². The molecule has 0 saturated carbocycles. The second-order valence-corrected chi connectivity index (χ2v) is 9.29. The van der Waals surface area contributed by atoms with Gasteiger partial charge in [0.2, 0.25) is 11.1 Å². The van der Waals surface area contributed by atoms with Gasteiger partial charge in [-0.1, -0.05) is 47.7 Å². The summed E-state index contributed by atoms with van der Waals surface area (Å²) in [4.78, 5) is 17.7. The van der Waals surface area contributed by atoms with Gasteiger partial charge in [-0.3, -0.25) is 4.79 Å². The van der Waals surface area contributed by atoms with Gasteiger partial charge in [-0.25, -0.2) is 4.68 Å². The summed E-state index contributed by atoms with van der Waals surface area (Å²) in [6.07, 6.45) is 2.29. The molecule has 32 heavy (non-hydrogen) atoms. The number of aryl methyl sites for hydroxylation is 2.